The maximum atomic E-state index is 6.05. The quantitative estimate of drug-likeness (QED) is 0.353. The first-order valence-corrected chi connectivity index (χ1v) is 11.7. The van der Waals surface area contributed by atoms with Crippen molar-refractivity contribution in [2.24, 2.45) is 5.92 Å². The lowest BCUT2D eigenvalue weighted by Crippen LogP contribution is -2.30. The summed E-state index contributed by atoms with van der Waals surface area (Å²) in [6.45, 7) is 15.1. The molecule has 166 valence electrons. The Labute approximate surface area is 191 Å². The van der Waals surface area contributed by atoms with Crippen LogP contribution in [0, 0.1) is 5.92 Å². The molecule has 0 heterocycles. The molecule has 0 aliphatic heterocycles. The normalized spacial score (nSPS) is 13.6. The smallest absolute Gasteiger partial charge is 0.161 e. The predicted molar refractivity (Wildman–Crippen MR) is 129 cm³/mol. The van der Waals surface area contributed by atoms with E-state index in [0.29, 0.717) is 5.92 Å². The van der Waals surface area contributed by atoms with Crippen LogP contribution < -0.4 is 14.2 Å². The summed E-state index contributed by atoms with van der Waals surface area (Å²) in [6, 6.07) is 12.7. The van der Waals surface area contributed by atoms with Gasteiger partial charge in [0.2, 0.25) is 0 Å². The van der Waals surface area contributed by atoms with Crippen LogP contribution in [0.1, 0.15) is 66.0 Å². The van der Waals surface area contributed by atoms with Crippen molar-refractivity contribution in [2.45, 2.75) is 78.9 Å². The molecular weight excluding hydrogens is 440 g/mol. The largest absolute Gasteiger partial charge is 0.493 e. The van der Waals surface area contributed by atoms with Crippen molar-refractivity contribution in [3.63, 3.8) is 0 Å². The van der Waals surface area contributed by atoms with E-state index < -0.39 is 0 Å². The highest BCUT2D eigenvalue weighted by Crippen LogP contribution is 2.45. The molecule has 0 aliphatic rings. The Morgan fingerprint density at radius 1 is 0.867 bits per heavy atom. The van der Waals surface area contributed by atoms with Gasteiger partial charge >= 0.3 is 0 Å². The predicted octanol–water partition coefficient (Wildman–Crippen LogP) is 7.58. The lowest BCUT2D eigenvalue weighted by Gasteiger charge is -2.36. The first-order valence-electron chi connectivity index (χ1n) is 10.9. The molecule has 2 aromatic carbocycles. The van der Waals surface area contributed by atoms with Crippen molar-refractivity contribution in [2.75, 3.05) is 7.11 Å². The molecule has 0 radical (unpaired) electrons. The van der Waals surface area contributed by atoms with Crippen LogP contribution in [0.5, 0.6) is 17.2 Å². The third-order valence-electron chi connectivity index (χ3n) is 5.73. The van der Waals surface area contributed by atoms with E-state index in [4.69, 9.17) is 14.2 Å². The second-order valence-electron chi connectivity index (χ2n) is 9.03. The van der Waals surface area contributed by atoms with Crippen LogP contribution in [0.2, 0.25) is 0 Å². The minimum Gasteiger partial charge on any atom is -0.493 e. The van der Waals surface area contributed by atoms with E-state index in [2.05, 4.69) is 67.0 Å². The zero-order valence-corrected chi connectivity index (χ0v) is 21.3. The number of ether oxygens (including phenoxy) is 3. The second kappa shape index (κ2) is 10.6. The van der Waals surface area contributed by atoms with Gasteiger partial charge in [-0.2, -0.15) is 0 Å². The Balaban J connectivity index is 2.30. The van der Waals surface area contributed by atoms with Gasteiger partial charge in [0.25, 0.3) is 0 Å². The van der Waals surface area contributed by atoms with Crippen LogP contribution in [0.25, 0.3) is 0 Å². The number of hydrogen-bond acceptors (Lipinski definition) is 3. The zero-order chi connectivity index (χ0) is 22.5. The first-order chi connectivity index (χ1) is 14.1. The van der Waals surface area contributed by atoms with E-state index in [9.17, 15) is 0 Å². The van der Waals surface area contributed by atoms with Gasteiger partial charge in [-0.05, 0) is 87.3 Å². The van der Waals surface area contributed by atoms with Crippen LogP contribution in [-0.4, -0.2) is 19.3 Å². The van der Waals surface area contributed by atoms with Gasteiger partial charge in [0.1, 0.15) is 5.75 Å². The third kappa shape index (κ3) is 6.16. The van der Waals surface area contributed by atoms with Crippen molar-refractivity contribution < 1.29 is 14.2 Å². The van der Waals surface area contributed by atoms with Gasteiger partial charge in [-0.1, -0.05) is 48.8 Å². The Bertz CT molecular complexity index is 812. The lowest BCUT2D eigenvalue weighted by molar-refractivity contribution is 0.228. The standard InChI is InChI=1S/C26H37BrO3/c1-17(2)26(7,14-13-20-9-11-21(12-10-20)29-18(3)4)22-15-25(30-19(5)6)24(28-8)16-23(22)27/h9-12,15-19H,13-14H2,1-8H3. The molecule has 0 spiro atoms. The summed E-state index contributed by atoms with van der Waals surface area (Å²) in [5.41, 5.74) is 2.56. The molecule has 4 heteroatoms. The number of hydrogen-bond donors (Lipinski definition) is 0. The highest BCUT2D eigenvalue weighted by atomic mass is 79.9. The molecule has 0 aliphatic carbocycles. The number of rotatable bonds is 10. The van der Waals surface area contributed by atoms with E-state index in [0.717, 1.165) is 34.6 Å². The fraction of sp³-hybridized carbons (Fsp3) is 0.538. The summed E-state index contributed by atoms with van der Waals surface area (Å²) in [5.74, 6) is 2.94. The number of methoxy groups -OCH3 is 1. The minimum atomic E-state index is -0.0205. The summed E-state index contributed by atoms with van der Waals surface area (Å²) in [5, 5.41) is 0. The topological polar surface area (TPSA) is 27.7 Å². The highest BCUT2D eigenvalue weighted by molar-refractivity contribution is 9.10. The second-order valence-corrected chi connectivity index (χ2v) is 9.89. The molecule has 30 heavy (non-hydrogen) atoms. The van der Waals surface area contributed by atoms with Crippen LogP contribution in [-0.2, 0) is 11.8 Å². The average molecular weight is 477 g/mol. The van der Waals surface area contributed by atoms with Gasteiger partial charge in [0, 0.05) is 4.47 Å². The van der Waals surface area contributed by atoms with Crippen LogP contribution in [0.4, 0.5) is 0 Å². The van der Waals surface area contributed by atoms with Crippen molar-refractivity contribution in [1.82, 2.24) is 0 Å². The van der Waals surface area contributed by atoms with Crippen molar-refractivity contribution >= 4 is 15.9 Å². The summed E-state index contributed by atoms with van der Waals surface area (Å²) in [7, 11) is 1.68. The molecule has 0 aromatic heterocycles. The van der Waals surface area contributed by atoms with Gasteiger partial charge in [0.05, 0.1) is 19.3 Å². The minimum absolute atomic E-state index is 0.0205. The molecule has 0 saturated carbocycles. The van der Waals surface area contributed by atoms with E-state index in [1.54, 1.807) is 7.11 Å². The summed E-state index contributed by atoms with van der Waals surface area (Å²) in [6.07, 6.45) is 2.30. The molecular formula is C26H37BrO3. The van der Waals surface area contributed by atoms with E-state index in [-0.39, 0.29) is 17.6 Å². The van der Waals surface area contributed by atoms with Crippen LogP contribution in [0.15, 0.2) is 40.9 Å². The van der Waals surface area contributed by atoms with Crippen molar-refractivity contribution in [3.8, 4) is 17.2 Å². The monoisotopic (exact) mass is 476 g/mol. The van der Waals surface area contributed by atoms with Gasteiger partial charge in [0.15, 0.2) is 11.5 Å². The Morgan fingerprint density at radius 3 is 1.97 bits per heavy atom. The lowest BCUT2D eigenvalue weighted by atomic mass is 9.70. The fourth-order valence-corrected chi connectivity index (χ4v) is 4.40. The molecule has 0 saturated heterocycles. The van der Waals surface area contributed by atoms with Crippen LogP contribution >= 0.6 is 15.9 Å². The van der Waals surface area contributed by atoms with E-state index >= 15 is 0 Å². The summed E-state index contributed by atoms with van der Waals surface area (Å²) < 4.78 is 18.4. The Morgan fingerprint density at radius 2 is 1.47 bits per heavy atom. The molecule has 0 bridgehead atoms. The summed E-state index contributed by atoms with van der Waals surface area (Å²) in [4.78, 5) is 0. The number of benzene rings is 2. The Kier molecular flexibility index (Phi) is 8.66. The fourth-order valence-electron chi connectivity index (χ4n) is 3.62. The van der Waals surface area contributed by atoms with Gasteiger partial charge in [-0.25, -0.2) is 0 Å². The maximum Gasteiger partial charge on any atom is 0.161 e. The van der Waals surface area contributed by atoms with Crippen molar-refractivity contribution in [3.05, 3.63) is 52.0 Å². The molecule has 0 fully saturated rings. The zero-order valence-electron chi connectivity index (χ0n) is 19.7. The molecule has 2 rings (SSSR count). The SMILES string of the molecule is COc1cc(Br)c(C(C)(CCc2ccc(OC(C)C)cc2)C(C)C)cc1OC(C)C. The number of aryl methyl sites for hydroxylation is 1. The highest BCUT2D eigenvalue weighted by Gasteiger charge is 2.33. The van der Waals surface area contributed by atoms with Gasteiger partial charge in [-0.3, -0.25) is 0 Å². The van der Waals surface area contributed by atoms with Crippen LogP contribution in [0.3, 0.4) is 0 Å². The van der Waals surface area contributed by atoms with Gasteiger partial charge in [-0.15, -0.1) is 0 Å². The van der Waals surface area contributed by atoms with E-state index in [1.165, 1.54) is 11.1 Å². The van der Waals surface area contributed by atoms with Gasteiger partial charge < -0.3 is 14.2 Å². The van der Waals surface area contributed by atoms with Crippen molar-refractivity contribution in [1.29, 1.82) is 0 Å². The molecule has 0 amide bonds. The molecule has 2 aromatic rings. The maximum absolute atomic E-state index is 6.05. The average Bonchev–Trinajstić information content (AvgIpc) is 2.67. The first kappa shape index (κ1) is 24.6. The number of halogens is 1. The molecule has 1 unspecified atom stereocenters. The summed E-state index contributed by atoms with van der Waals surface area (Å²) >= 11 is 3.80. The molecule has 1 atom stereocenters. The molecule has 3 nitrogen and oxygen atoms in total. The third-order valence-corrected chi connectivity index (χ3v) is 6.39. The molecule has 0 N–H and O–H groups in total. The van der Waals surface area contributed by atoms with E-state index in [1.807, 2.05) is 33.8 Å². The Hall–Kier alpha value is -1.68.